The number of hydrogen-bond acceptors (Lipinski definition) is 6. The Hall–Kier alpha value is -3.36. The Morgan fingerprint density at radius 1 is 1.14 bits per heavy atom. The van der Waals surface area contributed by atoms with Crippen molar-refractivity contribution in [2.24, 2.45) is 0 Å². The van der Waals surface area contributed by atoms with Gasteiger partial charge in [0.15, 0.2) is 11.6 Å². The zero-order chi connectivity index (χ0) is 24.9. The van der Waals surface area contributed by atoms with E-state index in [1.54, 1.807) is 43.3 Å². The number of allylic oxidation sites excluding steroid dienone is 1. The van der Waals surface area contributed by atoms with Crippen molar-refractivity contribution in [2.45, 2.75) is 12.8 Å². The number of likely N-dealkylation sites (N-methyl/N-ethyl adjacent to an activating group) is 1. The Bertz CT molecular complexity index is 1150. The summed E-state index contributed by atoms with van der Waals surface area (Å²) in [6, 6.07) is 9.57. The first-order valence-corrected chi connectivity index (χ1v) is 11.8. The summed E-state index contributed by atoms with van der Waals surface area (Å²) in [6.07, 6.45) is 1.56. The second kappa shape index (κ2) is 10.9. The van der Waals surface area contributed by atoms with Gasteiger partial charge in [0, 0.05) is 64.4 Å². The van der Waals surface area contributed by atoms with Gasteiger partial charge in [0.05, 0.1) is 18.8 Å². The van der Waals surface area contributed by atoms with E-state index in [9.17, 15) is 18.8 Å². The summed E-state index contributed by atoms with van der Waals surface area (Å²) in [5.74, 6) is -1.11. The third kappa shape index (κ3) is 5.83. The highest BCUT2D eigenvalue weighted by Crippen LogP contribution is 2.30. The van der Waals surface area contributed by atoms with Gasteiger partial charge in [-0.25, -0.2) is 4.39 Å². The standard InChI is InChI=1S/C27H30FN3O4/c1-29-24-16-21(28)14-20-15-23(26(33)17-22(20)24)25(32)13-18-3-5-19(6-4-18)27(34)30(2)7-8-31-9-11-35-12-10-31/h3-6,14-16,29H,7-13,17H2,1-2H3. The van der Waals surface area contributed by atoms with Gasteiger partial charge in [0.1, 0.15) is 5.82 Å². The Kier molecular flexibility index (Phi) is 7.73. The molecule has 1 N–H and O–H groups in total. The fourth-order valence-electron chi connectivity index (χ4n) is 4.42. The molecule has 0 spiro atoms. The van der Waals surface area contributed by atoms with Crippen molar-refractivity contribution in [1.29, 1.82) is 0 Å². The molecule has 1 heterocycles. The van der Waals surface area contributed by atoms with Gasteiger partial charge in [-0.1, -0.05) is 12.1 Å². The summed E-state index contributed by atoms with van der Waals surface area (Å²) in [4.78, 5) is 42.3. The Labute approximate surface area is 204 Å². The smallest absolute Gasteiger partial charge is 0.253 e. The van der Waals surface area contributed by atoms with E-state index in [1.807, 2.05) is 0 Å². The molecule has 2 aromatic carbocycles. The van der Waals surface area contributed by atoms with Crippen LogP contribution < -0.4 is 5.32 Å². The molecular weight excluding hydrogens is 449 g/mol. The Morgan fingerprint density at radius 2 is 1.86 bits per heavy atom. The molecule has 1 fully saturated rings. The van der Waals surface area contributed by atoms with E-state index in [4.69, 9.17) is 4.74 Å². The fraction of sp³-hybridized carbons (Fsp3) is 0.370. The van der Waals surface area contributed by atoms with E-state index in [0.717, 1.165) is 32.8 Å². The zero-order valence-corrected chi connectivity index (χ0v) is 20.1. The fourth-order valence-corrected chi connectivity index (χ4v) is 4.42. The van der Waals surface area contributed by atoms with Gasteiger partial charge in [-0.05, 0) is 47.0 Å². The minimum absolute atomic E-state index is 0.0302. The summed E-state index contributed by atoms with van der Waals surface area (Å²) < 4.78 is 19.3. The summed E-state index contributed by atoms with van der Waals surface area (Å²) in [5.41, 5.74) is 3.11. The Morgan fingerprint density at radius 3 is 2.54 bits per heavy atom. The number of halogens is 1. The highest BCUT2D eigenvalue weighted by Gasteiger charge is 2.26. The maximum absolute atomic E-state index is 13.9. The van der Waals surface area contributed by atoms with Crippen molar-refractivity contribution in [1.82, 2.24) is 9.80 Å². The molecule has 8 heteroatoms. The average Bonchev–Trinajstić information content (AvgIpc) is 2.87. The number of ketones is 2. The van der Waals surface area contributed by atoms with Crippen molar-refractivity contribution in [3.63, 3.8) is 0 Å². The molecule has 2 aliphatic rings. The third-order valence-electron chi connectivity index (χ3n) is 6.52. The molecule has 0 bridgehead atoms. The van der Waals surface area contributed by atoms with Gasteiger partial charge in [-0.3, -0.25) is 19.3 Å². The van der Waals surface area contributed by atoms with Crippen LogP contribution in [0, 0.1) is 5.82 Å². The number of rotatable bonds is 8. The molecule has 0 atom stereocenters. The maximum atomic E-state index is 13.9. The molecule has 0 saturated carbocycles. The van der Waals surface area contributed by atoms with Crippen LogP contribution in [0.5, 0.6) is 0 Å². The highest BCUT2D eigenvalue weighted by atomic mass is 19.1. The minimum atomic E-state index is -0.430. The molecule has 35 heavy (non-hydrogen) atoms. The van der Waals surface area contributed by atoms with Crippen LogP contribution in [0.1, 0.15) is 27.0 Å². The number of fused-ring (bicyclic) bond motifs is 1. The number of ether oxygens (including phenoxy) is 1. The first-order chi connectivity index (χ1) is 16.9. The number of carbonyl (C=O) groups is 3. The van der Waals surface area contributed by atoms with E-state index in [-0.39, 0.29) is 35.9 Å². The van der Waals surface area contributed by atoms with Crippen molar-refractivity contribution < 1.29 is 23.5 Å². The number of carbonyl (C=O) groups excluding carboxylic acids is 3. The minimum Gasteiger partial charge on any atom is -0.388 e. The van der Waals surface area contributed by atoms with Crippen molar-refractivity contribution in [2.75, 3.05) is 58.8 Å². The van der Waals surface area contributed by atoms with Crippen LogP contribution in [0.3, 0.4) is 0 Å². The number of hydrogen-bond donors (Lipinski definition) is 1. The lowest BCUT2D eigenvalue weighted by Crippen LogP contribution is -2.41. The maximum Gasteiger partial charge on any atom is 0.253 e. The topological polar surface area (TPSA) is 79.0 Å². The van der Waals surface area contributed by atoms with Crippen LogP contribution in [0.15, 0.2) is 42.0 Å². The van der Waals surface area contributed by atoms with E-state index >= 15 is 0 Å². The number of benzene rings is 2. The van der Waals surface area contributed by atoms with Gasteiger partial charge >= 0.3 is 0 Å². The van der Waals surface area contributed by atoms with Gasteiger partial charge in [0.25, 0.3) is 5.91 Å². The lowest BCUT2D eigenvalue weighted by atomic mass is 9.86. The largest absolute Gasteiger partial charge is 0.388 e. The van der Waals surface area contributed by atoms with E-state index in [2.05, 4.69) is 10.2 Å². The molecule has 7 nitrogen and oxygen atoms in total. The van der Waals surface area contributed by atoms with Gasteiger partial charge in [-0.2, -0.15) is 0 Å². The number of amides is 1. The van der Waals surface area contributed by atoms with E-state index in [1.165, 1.54) is 18.2 Å². The van der Waals surface area contributed by atoms with E-state index in [0.29, 0.717) is 34.5 Å². The average molecular weight is 480 g/mol. The quantitative estimate of drug-likeness (QED) is 0.587. The summed E-state index contributed by atoms with van der Waals surface area (Å²) in [6.45, 7) is 4.61. The number of Topliss-reactive ketones (excluding diaryl/α,β-unsaturated/α-hetero) is 2. The van der Waals surface area contributed by atoms with Crippen molar-refractivity contribution in [3.05, 3.63) is 70.0 Å². The van der Waals surface area contributed by atoms with Gasteiger partial charge in [-0.15, -0.1) is 0 Å². The number of morpholine rings is 1. The third-order valence-corrected chi connectivity index (χ3v) is 6.52. The number of anilines is 1. The predicted octanol–water partition coefficient (Wildman–Crippen LogP) is 2.59. The van der Waals surface area contributed by atoms with Crippen molar-refractivity contribution in [3.8, 4) is 0 Å². The van der Waals surface area contributed by atoms with Crippen LogP contribution in [0.4, 0.5) is 10.1 Å². The van der Waals surface area contributed by atoms with E-state index < -0.39 is 5.82 Å². The van der Waals surface area contributed by atoms with Crippen LogP contribution >= 0.6 is 0 Å². The lowest BCUT2D eigenvalue weighted by molar-refractivity contribution is -0.120. The second-order valence-electron chi connectivity index (χ2n) is 8.91. The number of nitrogens with one attached hydrogen (secondary N) is 1. The molecular formula is C27H30FN3O4. The van der Waals surface area contributed by atoms with Crippen LogP contribution in [-0.2, 0) is 27.2 Å². The SMILES string of the molecule is CNc1cc(F)cc2c1CC(=O)C(C(=O)Cc1ccc(C(=O)N(C)CCN3CCOCC3)cc1)=C2. The van der Waals surface area contributed by atoms with Crippen molar-refractivity contribution >= 4 is 29.2 Å². The summed E-state index contributed by atoms with van der Waals surface area (Å²) in [7, 11) is 3.45. The molecule has 1 aliphatic heterocycles. The molecule has 1 aliphatic carbocycles. The monoisotopic (exact) mass is 479 g/mol. The molecule has 184 valence electrons. The molecule has 4 rings (SSSR count). The zero-order valence-electron chi connectivity index (χ0n) is 20.1. The van der Waals surface area contributed by atoms with Crippen LogP contribution in [0.2, 0.25) is 0 Å². The molecule has 1 saturated heterocycles. The normalized spacial score (nSPS) is 15.9. The first-order valence-electron chi connectivity index (χ1n) is 11.8. The lowest BCUT2D eigenvalue weighted by Gasteiger charge is -2.28. The van der Waals surface area contributed by atoms with Gasteiger partial charge < -0.3 is 15.0 Å². The van der Waals surface area contributed by atoms with Crippen LogP contribution in [-0.4, -0.2) is 80.8 Å². The predicted molar refractivity (Wildman–Crippen MR) is 132 cm³/mol. The summed E-state index contributed by atoms with van der Waals surface area (Å²) >= 11 is 0. The number of nitrogens with zero attached hydrogens (tertiary/aromatic N) is 2. The molecule has 0 radical (unpaired) electrons. The van der Waals surface area contributed by atoms with Crippen LogP contribution in [0.25, 0.3) is 6.08 Å². The molecule has 0 aromatic heterocycles. The first kappa shape index (κ1) is 24.8. The summed E-state index contributed by atoms with van der Waals surface area (Å²) in [5, 5.41) is 2.90. The highest BCUT2D eigenvalue weighted by molar-refractivity contribution is 6.25. The molecule has 2 aromatic rings. The molecule has 0 unspecified atom stereocenters. The Balaban J connectivity index is 1.39. The molecule has 1 amide bonds. The van der Waals surface area contributed by atoms with Gasteiger partial charge in [0.2, 0.25) is 0 Å². The second-order valence-corrected chi connectivity index (χ2v) is 8.91.